The predicted octanol–water partition coefficient (Wildman–Crippen LogP) is 1.02. The Balaban J connectivity index is 1.93. The number of likely N-dealkylation sites (N-methyl/N-ethyl adjacent to an activating group) is 1. The molecule has 2 heterocycles. The van der Waals surface area contributed by atoms with Crippen LogP contribution in [-0.4, -0.2) is 73.3 Å². The lowest BCUT2D eigenvalue weighted by Gasteiger charge is -2.36. The van der Waals surface area contributed by atoms with E-state index in [1.54, 1.807) is 6.20 Å². The Morgan fingerprint density at radius 2 is 2.00 bits per heavy atom. The molecule has 112 valence electrons. The topological polar surface area (TPSA) is 42.8 Å². The Bertz CT molecular complexity index is 433. The summed E-state index contributed by atoms with van der Waals surface area (Å²) in [5.41, 5.74) is 0.890. The maximum atomic E-state index is 9.47. The molecule has 0 bridgehead atoms. The third kappa shape index (κ3) is 4.15. The third-order valence-corrected chi connectivity index (χ3v) is 4.05. The van der Waals surface area contributed by atoms with Gasteiger partial charge in [-0.3, -0.25) is 4.90 Å². The maximum absolute atomic E-state index is 9.47. The number of piperazine rings is 1. The summed E-state index contributed by atoms with van der Waals surface area (Å²) >= 11 is 3.40. The van der Waals surface area contributed by atoms with Gasteiger partial charge in [-0.05, 0) is 36.1 Å². The van der Waals surface area contributed by atoms with Gasteiger partial charge >= 0.3 is 0 Å². The number of pyridine rings is 1. The molecule has 1 fully saturated rings. The number of halogens is 1. The van der Waals surface area contributed by atoms with Gasteiger partial charge in [-0.25, -0.2) is 4.98 Å². The van der Waals surface area contributed by atoms with E-state index in [2.05, 4.69) is 49.7 Å². The number of hydrogen-bond donors (Lipinski definition) is 1. The molecule has 1 aromatic rings. The van der Waals surface area contributed by atoms with E-state index in [0.29, 0.717) is 0 Å². The first kappa shape index (κ1) is 15.7. The number of rotatable bonds is 5. The first-order chi connectivity index (χ1) is 9.60. The number of aliphatic hydroxyl groups is 1. The van der Waals surface area contributed by atoms with Gasteiger partial charge in [-0.15, -0.1) is 0 Å². The van der Waals surface area contributed by atoms with Crippen LogP contribution in [0.5, 0.6) is 0 Å². The summed E-state index contributed by atoms with van der Waals surface area (Å²) in [6.07, 6.45) is 1.80. The normalized spacial score (nSPS) is 16.9. The smallest absolute Gasteiger partial charge is 0.134 e. The summed E-state index contributed by atoms with van der Waals surface area (Å²) in [4.78, 5) is 11.4. The standard InChI is InChI=1S/C14H23BrN4O/c1-17(2)3-4-18-5-7-19(8-6-18)14-12(11-20)9-13(15)10-16-14/h9-10,20H,3-8,11H2,1-2H3. The second-order valence-corrected chi connectivity index (χ2v) is 6.34. The van der Waals surface area contributed by atoms with Crippen LogP contribution < -0.4 is 4.90 Å². The van der Waals surface area contributed by atoms with Gasteiger partial charge in [0, 0.05) is 55.5 Å². The van der Waals surface area contributed by atoms with Gasteiger partial charge in [-0.2, -0.15) is 0 Å². The third-order valence-electron chi connectivity index (χ3n) is 3.62. The highest BCUT2D eigenvalue weighted by molar-refractivity contribution is 9.10. The molecule has 0 radical (unpaired) electrons. The largest absolute Gasteiger partial charge is 0.392 e. The van der Waals surface area contributed by atoms with Crippen molar-refractivity contribution in [3.05, 3.63) is 22.3 Å². The molecule has 0 aliphatic carbocycles. The first-order valence-electron chi connectivity index (χ1n) is 6.97. The van der Waals surface area contributed by atoms with Crippen LogP contribution in [0.3, 0.4) is 0 Å². The zero-order chi connectivity index (χ0) is 14.5. The molecule has 0 unspecified atom stereocenters. The van der Waals surface area contributed by atoms with E-state index >= 15 is 0 Å². The highest BCUT2D eigenvalue weighted by Gasteiger charge is 2.20. The van der Waals surface area contributed by atoms with Gasteiger partial charge < -0.3 is 14.9 Å². The second-order valence-electron chi connectivity index (χ2n) is 5.43. The van der Waals surface area contributed by atoms with Crippen LogP contribution in [0.4, 0.5) is 5.82 Å². The van der Waals surface area contributed by atoms with E-state index in [9.17, 15) is 5.11 Å². The van der Waals surface area contributed by atoms with Gasteiger partial charge in [0.2, 0.25) is 0 Å². The Morgan fingerprint density at radius 1 is 1.30 bits per heavy atom. The van der Waals surface area contributed by atoms with E-state index in [1.807, 2.05) is 6.07 Å². The zero-order valence-electron chi connectivity index (χ0n) is 12.2. The minimum absolute atomic E-state index is 0.0304. The molecule has 0 atom stereocenters. The highest BCUT2D eigenvalue weighted by atomic mass is 79.9. The molecule has 20 heavy (non-hydrogen) atoms. The summed E-state index contributed by atoms with van der Waals surface area (Å²) < 4.78 is 0.912. The fraction of sp³-hybridized carbons (Fsp3) is 0.643. The first-order valence-corrected chi connectivity index (χ1v) is 7.76. The number of hydrogen-bond acceptors (Lipinski definition) is 5. The van der Waals surface area contributed by atoms with E-state index in [4.69, 9.17) is 0 Å². The molecule has 6 heteroatoms. The van der Waals surface area contributed by atoms with Gasteiger partial charge in [0.25, 0.3) is 0 Å². The van der Waals surface area contributed by atoms with Crippen LogP contribution in [-0.2, 0) is 6.61 Å². The molecule has 1 aromatic heterocycles. The van der Waals surface area contributed by atoms with E-state index in [-0.39, 0.29) is 6.61 Å². The molecule has 5 nitrogen and oxygen atoms in total. The Kier molecular flexibility index (Phi) is 5.77. The van der Waals surface area contributed by atoms with Crippen molar-refractivity contribution in [1.29, 1.82) is 0 Å². The van der Waals surface area contributed by atoms with Crippen LogP contribution in [0, 0.1) is 0 Å². The average Bonchev–Trinajstić information content (AvgIpc) is 2.45. The number of nitrogens with zero attached hydrogens (tertiary/aromatic N) is 4. The van der Waals surface area contributed by atoms with E-state index in [1.165, 1.54) is 0 Å². The second kappa shape index (κ2) is 7.36. The van der Waals surface area contributed by atoms with E-state index in [0.717, 1.165) is 55.1 Å². The average molecular weight is 343 g/mol. The van der Waals surface area contributed by atoms with Crippen molar-refractivity contribution in [2.24, 2.45) is 0 Å². The van der Waals surface area contributed by atoms with Crippen molar-refractivity contribution in [3.8, 4) is 0 Å². The van der Waals surface area contributed by atoms with Gasteiger partial charge in [0.05, 0.1) is 6.61 Å². The van der Waals surface area contributed by atoms with Gasteiger partial charge in [0.1, 0.15) is 5.82 Å². The summed E-state index contributed by atoms with van der Waals surface area (Å²) in [6.45, 7) is 6.28. The Hall–Kier alpha value is -0.690. The minimum Gasteiger partial charge on any atom is -0.392 e. The molecule has 1 N–H and O–H groups in total. The van der Waals surface area contributed by atoms with Crippen molar-refractivity contribution in [3.63, 3.8) is 0 Å². The van der Waals surface area contributed by atoms with Gasteiger partial charge in [-0.1, -0.05) is 0 Å². The summed E-state index contributed by atoms with van der Waals surface area (Å²) in [5.74, 6) is 0.919. The lowest BCUT2D eigenvalue weighted by Crippen LogP contribution is -2.48. The quantitative estimate of drug-likeness (QED) is 0.865. The fourth-order valence-electron chi connectivity index (χ4n) is 2.40. The van der Waals surface area contributed by atoms with Crippen LogP contribution in [0.15, 0.2) is 16.7 Å². The van der Waals surface area contributed by atoms with Crippen molar-refractivity contribution in [2.45, 2.75) is 6.61 Å². The van der Waals surface area contributed by atoms with E-state index < -0.39 is 0 Å². The fourth-order valence-corrected chi connectivity index (χ4v) is 2.78. The Labute approximate surface area is 129 Å². The Morgan fingerprint density at radius 3 is 2.60 bits per heavy atom. The molecule has 1 saturated heterocycles. The molecular weight excluding hydrogens is 320 g/mol. The van der Waals surface area contributed by atoms with Crippen molar-refractivity contribution in [1.82, 2.24) is 14.8 Å². The van der Waals surface area contributed by atoms with Crippen LogP contribution in [0.2, 0.25) is 0 Å². The van der Waals surface area contributed by atoms with Crippen molar-refractivity contribution in [2.75, 3.05) is 58.3 Å². The van der Waals surface area contributed by atoms with Crippen molar-refractivity contribution >= 4 is 21.7 Å². The number of anilines is 1. The molecule has 0 spiro atoms. The highest BCUT2D eigenvalue weighted by Crippen LogP contribution is 2.22. The molecular formula is C14H23BrN4O. The molecule has 0 saturated carbocycles. The monoisotopic (exact) mass is 342 g/mol. The maximum Gasteiger partial charge on any atom is 0.134 e. The molecule has 0 amide bonds. The number of aromatic nitrogens is 1. The van der Waals surface area contributed by atoms with Crippen molar-refractivity contribution < 1.29 is 5.11 Å². The van der Waals surface area contributed by atoms with Gasteiger partial charge in [0.15, 0.2) is 0 Å². The molecule has 1 aliphatic rings. The number of aliphatic hydroxyl groups excluding tert-OH is 1. The van der Waals surface area contributed by atoms with Crippen LogP contribution in [0.25, 0.3) is 0 Å². The zero-order valence-corrected chi connectivity index (χ0v) is 13.8. The molecule has 1 aliphatic heterocycles. The molecule has 2 rings (SSSR count). The summed E-state index contributed by atoms with van der Waals surface area (Å²) in [5, 5.41) is 9.47. The lowest BCUT2D eigenvalue weighted by atomic mass is 10.2. The predicted molar refractivity (Wildman–Crippen MR) is 85.1 cm³/mol. The van der Waals surface area contributed by atoms with Crippen LogP contribution >= 0.6 is 15.9 Å². The molecule has 0 aromatic carbocycles. The summed E-state index contributed by atoms with van der Waals surface area (Å²) in [7, 11) is 4.21. The lowest BCUT2D eigenvalue weighted by molar-refractivity contribution is 0.228. The summed E-state index contributed by atoms with van der Waals surface area (Å²) in [6, 6.07) is 1.95. The van der Waals surface area contributed by atoms with Crippen LogP contribution in [0.1, 0.15) is 5.56 Å². The SMILES string of the molecule is CN(C)CCN1CCN(c2ncc(Br)cc2CO)CC1. The minimum atomic E-state index is 0.0304.